The van der Waals surface area contributed by atoms with Crippen molar-refractivity contribution in [3.8, 4) is 0 Å². The first-order valence-corrected chi connectivity index (χ1v) is 9.77. The Morgan fingerprint density at radius 2 is 1.94 bits per heavy atom. The van der Waals surface area contributed by atoms with Crippen molar-refractivity contribution >= 4 is 14.1 Å². The summed E-state index contributed by atoms with van der Waals surface area (Å²) >= 11 is 0. The van der Waals surface area contributed by atoms with Crippen LogP contribution in [0.1, 0.15) is 47.0 Å². The van der Waals surface area contributed by atoms with Crippen molar-refractivity contribution in [2.75, 3.05) is 0 Å². The van der Waals surface area contributed by atoms with Crippen molar-refractivity contribution in [3.05, 3.63) is 12.7 Å². The highest BCUT2D eigenvalue weighted by atomic mass is 28.4. The van der Waals surface area contributed by atoms with Crippen LogP contribution in [-0.2, 0) is 9.22 Å². The number of Topliss-reactive ketones (excluding diaryl/α,β-unsaturated/α-hetero) is 1. The second-order valence-electron chi connectivity index (χ2n) is 7.10. The Morgan fingerprint density at radius 3 is 2.22 bits per heavy atom. The molecule has 1 rings (SSSR count). The predicted octanol–water partition coefficient (Wildman–Crippen LogP) is 4.32. The molecule has 2 nitrogen and oxygen atoms in total. The van der Waals surface area contributed by atoms with E-state index in [1.807, 2.05) is 6.08 Å². The molecule has 0 spiro atoms. The topological polar surface area (TPSA) is 26.3 Å². The number of ketones is 1. The highest BCUT2D eigenvalue weighted by Gasteiger charge is 2.55. The van der Waals surface area contributed by atoms with Gasteiger partial charge in [0, 0.05) is 0 Å². The van der Waals surface area contributed by atoms with Crippen molar-refractivity contribution < 1.29 is 9.22 Å². The van der Waals surface area contributed by atoms with Crippen molar-refractivity contribution in [2.24, 2.45) is 5.41 Å². The number of rotatable bonds is 6. The summed E-state index contributed by atoms with van der Waals surface area (Å²) in [5, 5.41) is 0.180. The van der Waals surface area contributed by atoms with Crippen LogP contribution in [0.2, 0.25) is 18.1 Å². The molecule has 3 heteroatoms. The molecule has 0 saturated heterocycles. The molecule has 1 atom stereocenters. The molecule has 0 aromatic rings. The SMILES string of the molecule is C=CC[C@H](O[Si](C)(C)C(C)(C)C)C1(C(C)=O)CC1. The molecule has 1 aliphatic carbocycles. The van der Waals surface area contributed by atoms with Crippen LogP contribution in [0, 0.1) is 5.41 Å². The van der Waals surface area contributed by atoms with Gasteiger partial charge < -0.3 is 4.43 Å². The molecule has 0 aromatic heterocycles. The molecule has 18 heavy (non-hydrogen) atoms. The minimum atomic E-state index is -1.82. The Balaban J connectivity index is 2.89. The second kappa shape index (κ2) is 4.93. The van der Waals surface area contributed by atoms with E-state index in [1.165, 1.54) is 0 Å². The lowest BCUT2D eigenvalue weighted by molar-refractivity contribution is -0.125. The molecular weight excluding hydrogens is 240 g/mol. The average molecular weight is 268 g/mol. The van der Waals surface area contributed by atoms with E-state index in [0.717, 1.165) is 19.3 Å². The molecular formula is C15H28O2Si. The van der Waals surface area contributed by atoms with Gasteiger partial charge in [0.1, 0.15) is 5.78 Å². The largest absolute Gasteiger partial charge is 0.413 e. The van der Waals surface area contributed by atoms with Gasteiger partial charge in [-0.15, -0.1) is 6.58 Å². The lowest BCUT2D eigenvalue weighted by Gasteiger charge is -2.41. The third kappa shape index (κ3) is 2.94. The molecule has 104 valence electrons. The molecule has 0 radical (unpaired) electrons. The second-order valence-corrected chi connectivity index (χ2v) is 11.9. The first-order chi connectivity index (χ1) is 8.07. The molecule has 1 fully saturated rings. The quantitative estimate of drug-likeness (QED) is 0.529. The van der Waals surface area contributed by atoms with E-state index in [1.54, 1.807) is 6.92 Å². The van der Waals surface area contributed by atoms with E-state index in [-0.39, 0.29) is 22.3 Å². The minimum absolute atomic E-state index is 0.0355. The normalized spacial score (nSPS) is 20.3. The van der Waals surface area contributed by atoms with Gasteiger partial charge in [0.2, 0.25) is 0 Å². The molecule has 0 N–H and O–H groups in total. The third-order valence-corrected chi connectivity index (χ3v) is 9.22. The highest BCUT2D eigenvalue weighted by Crippen LogP contribution is 2.53. The zero-order valence-corrected chi connectivity index (χ0v) is 13.8. The van der Waals surface area contributed by atoms with Gasteiger partial charge in [-0.3, -0.25) is 4.79 Å². The van der Waals surface area contributed by atoms with Gasteiger partial charge in [0.15, 0.2) is 8.32 Å². The first kappa shape index (κ1) is 15.6. The number of carbonyl (C=O) groups is 1. The standard InChI is InChI=1S/C15H28O2Si/c1-8-9-13(15(10-11-15)12(2)16)17-18(6,7)14(3,4)5/h8,13H,1,9-11H2,2-7H3/t13-/m0/s1. The van der Waals surface area contributed by atoms with Gasteiger partial charge >= 0.3 is 0 Å². The summed E-state index contributed by atoms with van der Waals surface area (Å²) in [5.74, 6) is 0.285. The summed E-state index contributed by atoms with van der Waals surface area (Å²) in [6, 6.07) is 0. The van der Waals surface area contributed by atoms with Crippen LogP contribution < -0.4 is 0 Å². The summed E-state index contributed by atoms with van der Waals surface area (Å²) in [5.41, 5.74) is -0.205. The molecule has 0 unspecified atom stereocenters. The predicted molar refractivity (Wildman–Crippen MR) is 79.2 cm³/mol. The third-order valence-electron chi connectivity index (χ3n) is 4.73. The van der Waals surface area contributed by atoms with Gasteiger partial charge in [0.05, 0.1) is 11.5 Å². The average Bonchev–Trinajstić information content (AvgIpc) is 2.95. The Labute approximate surface area is 113 Å². The fourth-order valence-electron chi connectivity index (χ4n) is 2.11. The van der Waals surface area contributed by atoms with Crippen molar-refractivity contribution in [3.63, 3.8) is 0 Å². The van der Waals surface area contributed by atoms with Crippen LogP contribution in [0.3, 0.4) is 0 Å². The first-order valence-electron chi connectivity index (χ1n) is 6.86. The lowest BCUT2D eigenvalue weighted by atomic mass is 9.92. The number of hydrogen-bond donors (Lipinski definition) is 0. The Kier molecular flexibility index (Phi) is 4.29. The number of hydrogen-bond acceptors (Lipinski definition) is 2. The smallest absolute Gasteiger partial charge is 0.192 e. The number of carbonyl (C=O) groups excluding carboxylic acids is 1. The van der Waals surface area contributed by atoms with Crippen molar-refractivity contribution in [1.29, 1.82) is 0 Å². The molecule has 1 saturated carbocycles. The maximum Gasteiger partial charge on any atom is 0.192 e. The summed E-state index contributed by atoms with van der Waals surface area (Å²) in [6.07, 6.45) is 4.67. The van der Waals surface area contributed by atoms with E-state index < -0.39 is 8.32 Å². The Morgan fingerprint density at radius 1 is 1.44 bits per heavy atom. The van der Waals surface area contributed by atoms with Crippen LogP contribution in [0.5, 0.6) is 0 Å². The van der Waals surface area contributed by atoms with Crippen molar-refractivity contribution in [1.82, 2.24) is 0 Å². The van der Waals surface area contributed by atoms with Crippen molar-refractivity contribution in [2.45, 2.75) is 71.2 Å². The maximum absolute atomic E-state index is 11.9. The van der Waals surface area contributed by atoms with Gasteiger partial charge in [-0.05, 0) is 44.3 Å². The lowest BCUT2D eigenvalue weighted by Crippen LogP contribution is -2.47. The van der Waals surface area contributed by atoms with Crippen LogP contribution in [0.15, 0.2) is 12.7 Å². The van der Waals surface area contributed by atoms with Gasteiger partial charge in [-0.2, -0.15) is 0 Å². The van der Waals surface area contributed by atoms with E-state index in [9.17, 15) is 4.79 Å². The van der Waals surface area contributed by atoms with E-state index in [2.05, 4.69) is 40.4 Å². The summed E-state index contributed by atoms with van der Waals surface area (Å²) in [4.78, 5) is 11.9. The molecule has 0 bridgehead atoms. The summed E-state index contributed by atoms with van der Waals surface area (Å²) in [6.45, 7) is 16.7. The monoisotopic (exact) mass is 268 g/mol. The van der Waals surface area contributed by atoms with Gasteiger partial charge in [0.25, 0.3) is 0 Å². The highest BCUT2D eigenvalue weighted by molar-refractivity contribution is 6.74. The minimum Gasteiger partial charge on any atom is -0.413 e. The fraction of sp³-hybridized carbons (Fsp3) is 0.800. The molecule has 0 aliphatic heterocycles. The van der Waals surface area contributed by atoms with Gasteiger partial charge in [-0.1, -0.05) is 26.8 Å². The van der Waals surface area contributed by atoms with E-state index >= 15 is 0 Å². The molecule has 0 heterocycles. The Hall–Kier alpha value is -0.413. The maximum atomic E-state index is 11.9. The Bertz CT molecular complexity index is 335. The molecule has 1 aliphatic rings. The van der Waals surface area contributed by atoms with Crippen LogP contribution in [0.4, 0.5) is 0 Å². The fourth-order valence-corrected chi connectivity index (χ4v) is 3.49. The van der Waals surface area contributed by atoms with Crippen LogP contribution in [0.25, 0.3) is 0 Å². The van der Waals surface area contributed by atoms with Crippen LogP contribution >= 0.6 is 0 Å². The van der Waals surface area contributed by atoms with E-state index in [0.29, 0.717) is 0 Å². The molecule has 0 aromatic carbocycles. The summed E-state index contributed by atoms with van der Waals surface area (Å²) in [7, 11) is -1.82. The molecule has 0 amide bonds. The van der Waals surface area contributed by atoms with Gasteiger partial charge in [-0.25, -0.2) is 0 Å². The van der Waals surface area contributed by atoms with Crippen LogP contribution in [-0.4, -0.2) is 20.2 Å². The zero-order valence-electron chi connectivity index (χ0n) is 12.8. The zero-order chi connectivity index (χ0) is 14.2. The summed E-state index contributed by atoms with van der Waals surface area (Å²) < 4.78 is 6.48. The van der Waals surface area contributed by atoms with E-state index in [4.69, 9.17) is 4.43 Å².